The van der Waals surface area contributed by atoms with E-state index >= 15 is 0 Å². The van der Waals surface area contributed by atoms with Gasteiger partial charge in [-0.15, -0.1) is 24.0 Å². The van der Waals surface area contributed by atoms with Crippen molar-refractivity contribution in [3.8, 4) is 11.5 Å². The Morgan fingerprint density at radius 2 is 1.86 bits per heavy atom. The highest BCUT2D eigenvalue weighted by atomic mass is 127. The van der Waals surface area contributed by atoms with E-state index < -0.39 is 0 Å². The summed E-state index contributed by atoms with van der Waals surface area (Å²) < 4.78 is 10.6. The molecule has 0 spiro atoms. The van der Waals surface area contributed by atoms with Gasteiger partial charge < -0.3 is 20.5 Å². The molecule has 0 fully saturated rings. The molecule has 6 nitrogen and oxygen atoms in total. The fraction of sp³-hybridized carbons (Fsp3) is 0.409. The van der Waals surface area contributed by atoms with Crippen LogP contribution in [0.3, 0.4) is 0 Å². The third kappa shape index (κ3) is 6.78. The molecule has 0 aliphatic carbocycles. The molecule has 1 aliphatic heterocycles. The van der Waals surface area contributed by atoms with Crippen molar-refractivity contribution < 1.29 is 9.47 Å². The van der Waals surface area contributed by atoms with Gasteiger partial charge in [0.1, 0.15) is 0 Å². The number of aliphatic imine (C=N–C) groups is 1. The Balaban J connectivity index is 0.00000300. The summed E-state index contributed by atoms with van der Waals surface area (Å²) in [6, 6.07) is 14.5. The van der Waals surface area contributed by atoms with Gasteiger partial charge in [-0.2, -0.15) is 0 Å². The lowest BCUT2D eigenvalue weighted by molar-refractivity contribution is 0.251. The van der Waals surface area contributed by atoms with E-state index in [1.165, 1.54) is 11.1 Å². The normalized spacial score (nSPS) is 13.9. The molecular weight excluding hydrogens is 479 g/mol. The number of ether oxygens (including phenoxy) is 2. The van der Waals surface area contributed by atoms with Crippen LogP contribution in [0.2, 0.25) is 0 Å². The number of benzene rings is 2. The summed E-state index contributed by atoms with van der Waals surface area (Å²) in [6.07, 6.45) is 2.17. The monoisotopic (exact) mass is 510 g/mol. The van der Waals surface area contributed by atoms with Crippen molar-refractivity contribution in [2.45, 2.75) is 25.9 Å². The summed E-state index contributed by atoms with van der Waals surface area (Å²) in [6.45, 7) is 4.55. The smallest absolute Gasteiger partial charge is 0.188 e. The van der Waals surface area contributed by atoms with Gasteiger partial charge in [-0.05, 0) is 41.7 Å². The molecule has 0 atom stereocenters. The summed E-state index contributed by atoms with van der Waals surface area (Å²) >= 11 is 0. The van der Waals surface area contributed by atoms with Crippen LogP contribution >= 0.6 is 24.0 Å². The van der Waals surface area contributed by atoms with Crippen molar-refractivity contribution in [2.75, 3.05) is 33.9 Å². The van der Waals surface area contributed by atoms with Crippen molar-refractivity contribution in [3.63, 3.8) is 0 Å². The molecule has 1 heterocycles. The molecule has 2 aromatic carbocycles. The molecule has 29 heavy (non-hydrogen) atoms. The molecule has 0 saturated heterocycles. The van der Waals surface area contributed by atoms with E-state index in [4.69, 9.17) is 15.2 Å². The zero-order valence-corrected chi connectivity index (χ0v) is 19.5. The Kier molecular flexibility index (Phi) is 9.53. The van der Waals surface area contributed by atoms with Crippen molar-refractivity contribution in [2.24, 2.45) is 10.7 Å². The molecule has 1 aliphatic rings. The zero-order chi connectivity index (χ0) is 19.8. The van der Waals surface area contributed by atoms with Crippen LogP contribution < -0.4 is 20.5 Å². The molecule has 158 valence electrons. The third-order valence-electron chi connectivity index (χ3n) is 5.05. The fourth-order valence-electron chi connectivity index (χ4n) is 3.48. The van der Waals surface area contributed by atoms with Gasteiger partial charge in [0.15, 0.2) is 17.5 Å². The number of halogens is 1. The lowest BCUT2D eigenvalue weighted by Crippen LogP contribution is -2.36. The Morgan fingerprint density at radius 3 is 2.62 bits per heavy atom. The Morgan fingerprint density at radius 1 is 1.10 bits per heavy atom. The number of rotatable bonds is 8. The standard InChI is InChI=1S/C22H30N4O2.HI/c1-27-20-9-8-17(14-21(20)28-2)15-25-22(23)24-11-5-12-26-13-10-18-6-3-4-7-19(18)16-26;/h3-4,6-9,14H,5,10-13,15-16H2,1-2H3,(H3,23,24,25);1H. The second kappa shape index (κ2) is 11.9. The van der Waals surface area contributed by atoms with Crippen molar-refractivity contribution in [1.29, 1.82) is 0 Å². The molecule has 0 bridgehead atoms. The van der Waals surface area contributed by atoms with Crippen LogP contribution in [0.4, 0.5) is 0 Å². The number of nitrogens with one attached hydrogen (secondary N) is 1. The van der Waals surface area contributed by atoms with Gasteiger partial charge in [0, 0.05) is 26.2 Å². The maximum absolute atomic E-state index is 6.00. The zero-order valence-electron chi connectivity index (χ0n) is 17.2. The number of methoxy groups -OCH3 is 2. The van der Waals surface area contributed by atoms with Gasteiger partial charge in [-0.3, -0.25) is 4.90 Å². The van der Waals surface area contributed by atoms with E-state index in [0.717, 1.165) is 44.6 Å². The van der Waals surface area contributed by atoms with Gasteiger partial charge in [0.25, 0.3) is 0 Å². The first-order valence-corrected chi connectivity index (χ1v) is 9.73. The van der Waals surface area contributed by atoms with Crippen molar-refractivity contribution >= 4 is 29.9 Å². The number of fused-ring (bicyclic) bond motifs is 1. The number of nitrogens with zero attached hydrogens (tertiary/aromatic N) is 2. The second-order valence-corrected chi connectivity index (χ2v) is 6.97. The van der Waals surface area contributed by atoms with E-state index in [9.17, 15) is 0 Å². The maximum atomic E-state index is 6.00. The number of guanidine groups is 1. The van der Waals surface area contributed by atoms with Crippen LogP contribution in [0.1, 0.15) is 23.1 Å². The first kappa shape index (κ1) is 23.3. The summed E-state index contributed by atoms with van der Waals surface area (Å²) in [5.41, 5.74) is 9.97. The topological polar surface area (TPSA) is 72.1 Å². The molecule has 3 N–H and O–H groups in total. The second-order valence-electron chi connectivity index (χ2n) is 6.97. The molecular formula is C22H31IN4O2. The number of hydrogen-bond acceptors (Lipinski definition) is 4. The van der Waals surface area contributed by atoms with E-state index in [2.05, 4.69) is 39.5 Å². The first-order valence-electron chi connectivity index (χ1n) is 9.73. The molecule has 2 aromatic rings. The van der Waals surface area contributed by atoms with Crippen LogP contribution in [0.25, 0.3) is 0 Å². The third-order valence-corrected chi connectivity index (χ3v) is 5.05. The van der Waals surface area contributed by atoms with E-state index in [1.54, 1.807) is 14.2 Å². The van der Waals surface area contributed by atoms with Crippen LogP contribution in [0, 0.1) is 0 Å². The minimum atomic E-state index is 0. The Bertz CT molecular complexity index is 813. The molecule has 3 rings (SSSR count). The summed E-state index contributed by atoms with van der Waals surface area (Å²) in [5.74, 6) is 1.88. The van der Waals surface area contributed by atoms with Gasteiger partial charge >= 0.3 is 0 Å². The molecule has 0 unspecified atom stereocenters. The number of hydrogen-bond donors (Lipinski definition) is 2. The predicted octanol–water partition coefficient (Wildman–Crippen LogP) is 3.17. The van der Waals surface area contributed by atoms with Gasteiger partial charge in [0.2, 0.25) is 0 Å². The minimum Gasteiger partial charge on any atom is -0.493 e. The molecule has 0 radical (unpaired) electrons. The van der Waals surface area contributed by atoms with Crippen LogP contribution in [0.5, 0.6) is 11.5 Å². The van der Waals surface area contributed by atoms with Gasteiger partial charge in [0.05, 0.1) is 20.8 Å². The van der Waals surface area contributed by atoms with E-state index in [1.807, 2.05) is 18.2 Å². The average molecular weight is 510 g/mol. The first-order chi connectivity index (χ1) is 13.7. The quantitative estimate of drug-likeness (QED) is 0.247. The summed E-state index contributed by atoms with van der Waals surface area (Å²) in [7, 11) is 3.25. The number of nitrogens with two attached hydrogens (primary N) is 1. The lowest BCUT2D eigenvalue weighted by atomic mass is 10.00. The summed E-state index contributed by atoms with van der Waals surface area (Å²) in [4.78, 5) is 6.91. The molecule has 7 heteroatoms. The predicted molar refractivity (Wildman–Crippen MR) is 128 cm³/mol. The van der Waals surface area contributed by atoms with E-state index in [-0.39, 0.29) is 24.0 Å². The van der Waals surface area contributed by atoms with E-state index in [0.29, 0.717) is 24.0 Å². The van der Waals surface area contributed by atoms with Gasteiger partial charge in [-0.25, -0.2) is 4.99 Å². The van der Waals surface area contributed by atoms with Crippen molar-refractivity contribution in [3.05, 3.63) is 59.2 Å². The fourth-order valence-corrected chi connectivity index (χ4v) is 3.48. The highest BCUT2D eigenvalue weighted by Crippen LogP contribution is 2.27. The average Bonchev–Trinajstić information content (AvgIpc) is 2.74. The minimum absolute atomic E-state index is 0. The molecule has 0 aromatic heterocycles. The summed E-state index contributed by atoms with van der Waals surface area (Å²) in [5, 5.41) is 3.21. The Hall–Kier alpha value is -2.00. The largest absolute Gasteiger partial charge is 0.493 e. The maximum Gasteiger partial charge on any atom is 0.188 e. The van der Waals surface area contributed by atoms with Crippen molar-refractivity contribution in [1.82, 2.24) is 10.2 Å². The molecule has 0 saturated carbocycles. The molecule has 0 amide bonds. The van der Waals surface area contributed by atoms with Crippen LogP contribution in [-0.4, -0.2) is 44.7 Å². The SMILES string of the molecule is COc1ccc(CN=C(N)NCCCN2CCc3ccccc3C2)cc1OC.I. The highest BCUT2D eigenvalue weighted by Gasteiger charge is 2.14. The van der Waals surface area contributed by atoms with Crippen LogP contribution in [0.15, 0.2) is 47.5 Å². The lowest BCUT2D eigenvalue weighted by Gasteiger charge is -2.28. The van der Waals surface area contributed by atoms with Crippen LogP contribution in [-0.2, 0) is 19.5 Å². The highest BCUT2D eigenvalue weighted by molar-refractivity contribution is 14.0. The van der Waals surface area contributed by atoms with Gasteiger partial charge in [-0.1, -0.05) is 30.3 Å². The Labute approximate surface area is 190 Å².